The van der Waals surface area contributed by atoms with Gasteiger partial charge in [-0.15, -0.1) is 0 Å². The number of sulfonamides is 1. The maximum Gasteiger partial charge on any atom is 0.266 e. The molecule has 2 aromatic rings. The molecule has 0 heterocycles. The van der Waals surface area contributed by atoms with Gasteiger partial charge in [0.1, 0.15) is 11.4 Å². The number of anilines is 1. The van der Waals surface area contributed by atoms with E-state index in [1.165, 1.54) is 30.3 Å². The fourth-order valence-electron chi connectivity index (χ4n) is 1.89. The number of nitrogens with two attached hydrogens (primary N) is 1. The van der Waals surface area contributed by atoms with Gasteiger partial charge in [0.2, 0.25) is 5.91 Å². The standard InChI is InChI=1S/C14H11Cl3N2O3S/c15-9-5-6-11(17)13(7-9)23(21,22)19(8-14(18)20)12-4-2-1-3-10(12)16/h1-7H,8H2,(H2,18,20). The molecule has 0 aliphatic carbocycles. The quantitative estimate of drug-likeness (QED) is 0.846. The van der Waals surface area contributed by atoms with Crippen LogP contribution in [0.5, 0.6) is 0 Å². The second kappa shape index (κ2) is 6.97. The SMILES string of the molecule is NC(=O)CN(c1ccccc1Cl)S(=O)(=O)c1cc(Cl)ccc1Cl. The number of para-hydroxylation sites is 1. The Morgan fingerprint density at radius 1 is 1.04 bits per heavy atom. The van der Waals surface area contributed by atoms with Crippen LogP contribution in [-0.2, 0) is 14.8 Å². The van der Waals surface area contributed by atoms with Gasteiger partial charge in [-0.1, -0.05) is 46.9 Å². The molecule has 0 spiro atoms. The van der Waals surface area contributed by atoms with E-state index in [2.05, 4.69) is 0 Å². The summed E-state index contributed by atoms with van der Waals surface area (Å²) in [4.78, 5) is 11.1. The van der Waals surface area contributed by atoms with Gasteiger partial charge in [0, 0.05) is 5.02 Å². The Labute approximate surface area is 148 Å². The molecule has 0 aliphatic heterocycles. The van der Waals surface area contributed by atoms with Crippen LogP contribution in [0, 0.1) is 0 Å². The van der Waals surface area contributed by atoms with Crippen molar-refractivity contribution in [3.05, 3.63) is 57.5 Å². The van der Waals surface area contributed by atoms with Gasteiger partial charge in [-0.25, -0.2) is 8.42 Å². The summed E-state index contributed by atoms with van der Waals surface area (Å²) in [5.74, 6) is -0.841. The minimum absolute atomic E-state index is 0.0316. The van der Waals surface area contributed by atoms with Crippen molar-refractivity contribution in [1.29, 1.82) is 0 Å². The highest BCUT2D eigenvalue weighted by atomic mass is 35.5. The zero-order chi connectivity index (χ0) is 17.2. The summed E-state index contributed by atoms with van der Waals surface area (Å²) >= 11 is 17.9. The van der Waals surface area contributed by atoms with Gasteiger partial charge >= 0.3 is 0 Å². The second-order valence-corrected chi connectivity index (χ2v) is 7.59. The van der Waals surface area contributed by atoms with Crippen LogP contribution in [0.2, 0.25) is 15.1 Å². The number of amides is 1. The van der Waals surface area contributed by atoms with E-state index in [9.17, 15) is 13.2 Å². The van der Waals surface area contributed by atoms with Crippen molar-refractivity contribution in [1.82, 2.24) is 0 Å². The van der Waals surface area contributed by atoms with Gasteiger partial charge in [-0.05, 0) is 30.3 Å². The average molecular weight is 394 g/mol. The first kappa shape index (κ1) is 17.9. The summed E-state index contributed by atoms with van der Waals surface area (Å²) in [5.41, 5.74) is 5.29. The fourth-order valence-corrected chi connectivity index (χ4v) is 4.37. The van der Waals surface area contributed by atoms with E-state index in [1.807, 2.05) is 0 Å². The normalized spacial score (nSPS) is 11.3. The minimum atomic E-state index is -4.19. The van der Waals surface area contributed by atoms with Crippen LogP contribution in [0.3, 0.4) is 0 Å². The summed E-state index contributed by atoms with van der Waals surface area (Å²) in [6, 6.07) is 10.2. The van der Waals surface area contributed by atoms with Gasteiger partial charge in [0.15, 0.2) is 0 Å². The molecular formula is C14H11Cl3N2O3S. The Balaban J connectivity index is 2.65. The third kappa shape index (κ3) is 3.90. The van der Waals surface area contributed by atoms with Gasteiger partial charge in [0.05, 0.1) is 15.7 Å². The topological polar surface area (TPSA) is 80.5 Å². The lowest BCUT2D eigenvalue weighted by Crippen LogP contribution is -2.38. The molecule has 0 atom stereocenters. The van der Waals surface area contributed by atoms with Crippen LogP contribution in [-0.4, -0.2) is 20.9 Å². The minimum Gasteiger partial charge on any atom is -0.368 e. The predicted molar refractivity (Wildman–Crippen MR) is 91.6 cm³/mol. The molecular weight excluding hydrogens is 383 g/mol. The first-order valence-electron chi connectivity index (χ1n) is 6.24. The zero-order valence-electron chi connectivity index (χ0n) is 11.5. The number of hydrogen-bond donors (Lipinski definition) is 1. The Hall–Kier alpha value is -1.47. The Morgan fingerprint density at radius 3 is 2.30 bits per heavy atom. The van der Waals surface area contributed by atoms with E-state index in [1.54, 1.807) is 12.1 Å². The van der Waals surface area contributed by atoms with Gasteiger partial charge in [0.25, 0.3) is 10.0 Å². The molecule has 0 fully saturated rings. The Kier molecular flexibility index (Phi) is 5.41. The van der Waals surface area contributed by atoms with Crippen molar-refractivity contribution in [3.63, 3.8) is 0 Å². The summed E-state index contributed by atoms with van der Waals surface area (Å²) < 4.78 is 26.6. The maximum atomic E-state index is 12.9. The highest BCUT2D eigenvalue weighted by molar-refractivity contribution is 7.93. The highest BCUT2D eigenvalue weighted by Gasteiger charge is 2.30. The van der Waals surface area contributed by atoms with E-state index in [0.717, 1.165) is 4.31 Å². The molecule has 0 aliphatic rings. The number of carbonyl (C=O) groups is 1. The average Bonchev–Trinajstić information content (AvgIpc) is 2.48. The molecule has 122 valence electrons. The number of hydrogen-bond acceptors (Lipinski definition) is 3. The first-order chi connectivity index (χ1) is 10.7. The smallest absolute Gasteiger partial charge is 0.266 e. The predicted octanol–water partition coefficient (Wildman–Crippen LogP) is 3.33. The van der Waals surface area contributed by atoms with Crippen molar-refractivity contribution in [2.75, 3.05) is 10.8 Å². The number of nitrogens with zero attached hydrogens (tertiary/aromatic N) is 1. The third-order valence-electron chi connectivity index (χ3n) is 2.88. The Bertz CT molecular complexity index is 856. The van der Waals surface area contributed by atoms with E-state index < -0.39 is 22.5 Å². The van der Waals surface area contributed by atoms with Crippen LogP contribution in [0.4, 0.5) is 5.69 Å². The summed E-state index contributed by atoms with van der Waals surface area (Å²) in [5, 5.41) is 0.303. The van der Waals surface area contributed by atoms with Crippen molar-refractivity contribution in [3.8, 4) is 0 Å². The molecule has 9 heteroatoms. The molecule has 2 aromatic carbocycles. The van der Waals surface area contributed by atoms with Crippen molar-refractivity contribution in [2.45, 2.75) is 4.90 Å². The third-order valence-corrected chi connectivity index (χ3v) is 5.68. The van der Waals surface area contributed by atoms with Crippen LogP contribution in [0.1, 0.15) is 0 Å². The number of halogens is 3. The lowest BCUT2D eigenvalue weighted by molar-refractivity contribution is -0.116. The molecule has 1 amide bonds. The largest absolute Gasteiger partial charge is 0.368 e. The summed E-state index contributed by atoms with van der Waals surface area (Å²) in [6.07, 6.45) is 0. The van der Waals surface area contributed by atoms with Gasteiger partial charge in [-0.3, -0.25) is 9.10 Å². The number of primary amides is 1. The van der Waals surface area contributed by atoms with Crippen molar-refractivity contribution in [2.24, 2.45) is 5.73 Å². The molecule has 0 bridgehead atoms. The zero-order valence-corrected chi connectivity index (χ0v) is 14.6. The van der Waals surface area contributed by atoms with Gasteiger partial charge in [-0.2, -0.15) is 0 Å². The highest BCUT2D eigenvalue weighted by Crippen LogP contribution is 2.33. The molecule has 2 rings (SSSR count). The summed E-state index contributed by atoms with van der Waals surface area (Å²) in [6.45, 7) is -0.588. The number of carbonyl (C=O) groups excluding carboxylic acids is 1. The monoisotopic (exact) mass is 392 g/mol. The van der Waals surface area contributed by atoms with Crippen molar-refractivity contribution < 1.29 is 13.2 Å². The van der Waals surface area contributed by atoms with Crippen molar-refractivity contribution >= 4 is 56.4 Å². The lowest BCUT2D eigenvalue weighted by Gasteiger charge is -2.24. The van der Waals surface area contributed by atoms with Crippen LogP contribution < -0.4 is 10.0 Å². The first-order valence-corrected chi connectivity index (χ1v) is 8.81. The van der Waals surface area contributed by atoms with E-state index >= 15 is 0 Å². The summed E-state index contributed by atoms with van der Waals surface area (Å²) in [7, 11) is -4.19. The Morgan fingerprint density at radius 2 is 1.70 bits per heavy atom. The van der Waals surface area contributed by atoms with Crippen LogP contribution >= 0.6 is 34.8 Å². The maximum absolute atomic E-state index is 12.9. The van der Waals surface area contributed by atoms with Crippen LogP contribution in [0.25, 0.3) is 0 Å². The molecule has 2 N–H and O–H groups in total. The molecule has 0 saturated carbocycles. The molecule has 5 nitrogen and oxygen atoms in total. The second-order valence-electron chi connectivity index (χ2n) is 4.50. The lowest BCUT2D eigenvalue weighted by atomic mass is 10.3. The number of rotatable bonds is 5. The van der Waals surface area contributed by atoms with Gasteiger partial charge < -0.3 is 5.73 Å². The molecule has 23 heavy (non-hydrogen) atoms. The molecule has 0 aromatic heterocycles. The van der Waals surface area contributed by atoms with E-state index in [0.29, 0.717) is 0 Å². The molecule has 0 unspecified atom stereocenters. The number of benzene rings is 2. The van der Waals surface area contributed by atoms with E-state index in [-0.39, 0.29) is 25.7 Å². The van der Waals surface area contributed by atoms with E-state index in [4.69, 9.17) is 40.5 Å². The molecule has 0 radical (unpaired) electrons. The fraction of sp³-hybridized carbons (Fsp3) is 0.0714. The van der Waals surface area contributed by atoms with Crippen LogP contribution in [0.15, 0.2) is 47.4 Å². The molecule has 0 saturated heterocycles.